The van der Waals surface area contributed by atoms with Crippen molar-refractivity contribution in [2.24, 2.45) is 0 Å². The predicted octanol–water partition coefficient (Wildman–Crippen LogP) is 1.27. The Morgan fingerprint density at radius 2 is 1.87 bits per heavy atom. The van der Waals surface area contributed by atoms with Crippen molar-refractivity contribution in [1.82, 2.24) is 5.32 Å². The molecule has 1 heterocycles. The van der Waals surface area contributed by atoms with E-state index in [1.54, 1.807) is 34.6 Å². The second-order valence-corrected chi connectivity index (χ2v) is 7.30. The summed E-state index contributed by atoms with van der Waals surface area (Å²) in [6, 6.07) is -0.365. The van der Waals surface area contributed by atoms with Gasteiger partial charge in [-0.15, -0.1) is 0 Å². The van der Waals surface area contributed by atoms with Crippen LogP contribution in [0.1, 0.15) is 41.0 Å². The summed E-state index contributed by atoms with van der Waals surface area (Å²) < 4.78 is 22.3. The van der Waals surface area contributed by atoms with Crippen LogP contribution in [-0.4, -0.2) is 59.5 Å². The first-order valence-corrected chi connectivity index (χ1v) is 7.65. The molecule has 2 aliphatic rings. The maximum Gasteiger partial charge on any atom is 0.407 e. The highest BCUT2D eigenvalue weighted by Crippen LogP contribution is 2.39. The smallest absolute Gasteiger partial charge is 0.407 e. The van der Waals surface area contributed by atoms with E-state index in [4.69, 9.17) is 24.1 Å². The van der Waals surface area contributed by atoms with E-state index >= 15 is 0 Å². The third-order valence-corrected chi connectivity index (χ3v) is 3.54. The fourth-order valence-corrected chi connectivity index (χ4v) is 2.88. The highest BCUT2D eigenvalue weighted by Gasteiger charge is 2.55. The minimum atomic E-state index is -1.05. The molecule has 4 atom stereocenters. The summed E-state index contributed by atoms with van der Waals surface area (Å²) in [5.41, 5.74) is -0.604. The number of rotatable bonds is 4. The summed E-state index contributed by atoms with van der Waals surface area (Å²) in [5.74, 6) is -1.86. The van der Waals surface area contributed by atoms with Gasteiger partial charge in [0.25, 0.3) is 0 Å². The van der Waals surface area contributed by atoms with E-state index in [2.05, 4.69) is 5.32 Å². The van der Waals surface area contributed by atoms with Gasteiger partial charge in [-0.2, -0.15) is 0 Å². The number of fused-ring (bicyclic) bond motifs is 1. The molecule has 0 radical (unpaired) electrons. The molecule has 8 heteroatoms. The Balaban J connectivity index is 2.02. The Bertz CT molecular complexity index is 471. The molecule has 2 rings (SSSR count). The third-order valence-electron chi connectivity index (χ3n) is 3.54. The Hall–Kier alpha value is -1.38. The summed E-state index contributed by atoms with van der Waals surface area (Å²) in [6.07, 6.45) is -1.44. The van der Waals surface area contributed by atoms with E-state index in [-0.39, 0.29) is 6.04 Å². The van der Waals surface area contributed by atoms with Crippen molar-refractivity contribution in [3.05, 3.63) is 0 Å². The molecular formula is C15H25NO7. The zero-order valence-electron chi connectivity index (χ0n) is 14.1. The molecule has 132 valence electrons. The summed E-state index contributed by atoms with van der Waals surface area (Å²) in [7, 11) is 0. The van der Waals surface area contributed by atoms with Gasteiger partial charge < -0.3 is 29.4 Å². The molecule has 0 aromatic carbocycles. The van der Waals surface area contributed by atoms with Crippen LogP contribution in [0, 0.1) is 0 Å². The molecule has 2 fully saturated rings. The van der Waals surface area contributed by atoms with Gasteiger partial charge in [-0.05, 0) is 41.0 Å². The van der Waals surface area contributed by atoms with Crippen molar-refractivity contribution in [3.8, 4) is 0 Å². The monoisotopic (exact) mass is 331 g/mol. The Morgan fingerprint density at radius 1 is 1.26 bits per heavy atom. The fourth-order valence-electron chi connectivity index (χ4n) is 2.88. The van der Waals surface area contributed by atoms with Gasteiger partial charge >= 0.3 is 12.1 Å². The molecule has 1 saturated heterocycles. The Kier molecular flexibility index (Phi) is 4.89. The molecule has 0 spiro atoms. The summed E-state index contributed by atoms with van der Waals surface area (Å²) >= 11 is 0. The van der Waals surface area contributed by atoms with Gasteiger partial charge in [0.15, 0.2) is 5.79 Å². The number of hydrogen-bond donors (Lipinski definition) is 2. The molecule has 1 amide bonds. The average Bonchev–Trinajstić information content (AvgIpc) is 2.79. The van der Waals surface area contributed by atoms with Gasteiger partial charge in [0.2, 0.25) is 0 Å². The molecule has 1 saturated carbocycles. The maximum absolute atomic E-state index is 12.0. The lowest BCUT2D eigenvalue weighted by atomic mass is 10.2. The first-order chi connectivity index (χ1) is 10.5. The van der Waals surface area contributed by atoms with Crippen molar-refractivity contribution in [2.75, 3.05) is 6.61 Å². The molecule has 23 heavy (non-hydrogen) atoms. The van der Waals surface area contributed by atoms with Gasteiger partial charge in [-0.1, -0.05) is 0 Å². The van der Waals surface area contributed by atoms with Crippen LogP contribution in [0.5, 0.6) is 0 Å². The third kappa shape index (κ3) is 4.79. The Labute approximate surface area is 135 Å². The van der Waals surface area contributed by atoms with Crippen LogP contribution >= 0.6 is 0 Å². The number of carbonyl (C=O) groups excluding carboxylic acids is 1. The molecule has 0 unspecified atom stereocenters. The summed E-state index contributed by atoms with van der Waals surface area (Å²) in [4.78, 5) is 22.7. The Morgan fingerprint density at radius 3 is 2.43 bits per heavy atom. The molecule has 2 N–H and O–H groups in total. The molecule has 8 nitrogen and oxygen atoms in total. The van der Waals surface area contributed by atoms with Crippen molar-refractivity contribution >= 4 is 12.1 Å². The summed E-state index contributed by atoms with van der Waals surface area (Å²) in [5, 5.41) is 11.5. The lowest BCUT2D eigenvalue weighted by Crippen LogP contribution is -2.45. The van der Waals surface area contributed by atoms with E-state index in [0.717, 1.165) is 0 Å². The van der Waals surface area contributed by atoms with Crippen LogP contribution in [0.25, 0.3) is 0 Å². The van der Waals surface area contributed by atoms with Gasteiger partial charge in [0, 0.05) is 0 Å². The highest BCUT2D eigenvalue weighted by molar-refractivity contribution is 5.68. The predicted molar refractivity (Wildman–Crippen MR) is 79.0 cm³/mol. The van der Waals surface area contributed by atoms with E-state index in [9.17, 15) is 9.59 Å². The van der Waals surface area contributed by atoms with Crippen LogP contribution in [0.2, 0.25) is 0 Å². The van der Waals surface area contributed by atoms with Gasteiger partial charge in [0.1, 0.15) is 24.4 Å². The van der Waals surface area contributed by atoms with Crippen molar-refractivity contribution in [1.29, 1.82) is 0 Å². The van der Waals surface area contributed by atoms with E-state index in [1.807, 2.05) is 0 Å². The largest absolute Gasteiger partial charge is 0.480 e. The number of ether oxygens (including phenoxy) is 4. The number of carboxylic acids is 1. The first kappa shape index (κ1) is 18.0. The number of carbonyl (C=O) groups is 2. The minimum Gasteiger partial charge on any atom is -0.480 e. The van der Waals surface area contributed by atoms with Crippen LogP contribution in [0.4, 0.5) is 4.79 Å². The first-order valence-electron chi connectivity index (χ1n) is 7.65. The second-order valence-electron chi connectivity index (χ2n) is 7.30. The van der Waals surface area contributed by atoms with Crippen LogP contribution in [0.3, 0.4) is 0 Å². The lowest BCUT2D eigenvalue weighted by molar-refractivity contribution is -0.171. The quantitative estimate of drug-likeness (QED) is 0.799. The second kappa shape index (κ2) is 6.26. The van der Waals surface area contributed by atoms with E-state index < -0.39 is 48.4 Å². The minimum absolute atomic E-state index is 0.365. The number of alkyl carbamates (subject to hydrolysis) is 1. The topological polar surface area (TPSA) is 103 Å². The van der Waals surface area contributed by atoms with Crippen LogP contribution < -0.4 is 5.32 Å². The SMILES string of the molecule is CC(C)(C)OC(=O)N[C@@H]1C[C@H](OCC(=O)O)[C@H]2OC(C)(C)O[C@H]21. The normalized spacial score (nSPS) is 32.4. The molecule has 1 aliphatic carbocycles. The van der Waals surface area contributed by atoms with Crippen molar-refractivity contribution in [3.63, 3.8) is 0 Å². The van der Waals surface area contributed by atoms with Crippen molar-refractivity contribution < 1.29 is 33.6 Å². The fraction of sp³-hybridized carbons (Fsp3) is 0.867. The molecule has 1 aliphatic heterocycles. The number of carboxylic acid groups (broad SMARTS) is 1. The van der Waals surface area contributed by atoms with E-state index in [0.29, 0.717) is 6.42 Å². The summed E-state index contributed by atoms with van der Waals surface area (Å²) in [6.45, 7) is 8.45. The zero-order chi connectivity index (χ0) is 17.4. The highest BCUT2D eigenvalue weighted by atomic mass is 16.8. The maximum atomic E-state index is 12.0. The van der Waals surface area contributed by atoms with Gasteiger partial charge in [-0.3, -0.25) is 0 Å². The van der Waals surface area contributed by atoms with Gasteiger partial charge in [0.05, 0.1) is 12.1 Å². The number of nitrogens with one attached hydrogen (secondary N) is 1. The molecule has 0 bridgehead atoms. The van der Waals surface area contributed by atoms with Crippen molar-refractivity contribution in [2.45, 2.75) is 76.8 Å². The van der Waals surface area contributed by atoms with Gasteiger partial charge in [-0.25, -0.2) is 9.59 Å². The zero-order valence-corrected chi connectivity index (χ0v) is 14.1. The lowest BCUT2D eigenvalue weighted by Gasteiger charge is -2.25. The number of aliphatic carboxylic acids is 1. The number of amides is 1. The average molecular weight is 331 g/mol. The van der Waals surface area contributed by atoms with Crippen LogP contribution in [-0.2, 0) is 23.7 Å². The van der Waals surface area contributed by atoms with E-state index in [1.165, 1.54) is 0 Å². The standard InChI is InChI=1S/C15H25NO7/c1-14(2,3)23-13(19)16-8-6-9(20-7-10(17)18)12-11(8)21-15(4,5)22-12/h8-9,11-12H,6-7H2,1-5H3,(H,16,19)(H,17,18)/t8-,9+,11+,12-/m1/s1. The molecular weight excluding hydrogens is 306 g/mol. The number of hydrogen-bond acceptors (Lipinski definition) is 6. The molecule has 0 aromatic heterocycles. The van der Waals surface area contributed by atoms with Crippen LogP contribution in [0.15, 0.2) is 0 Å². The molecule has 0 aromatic rings.